The van der Waals surface area contributed by atoms with E-state index in [4.69, 9.17) is 4.74 Å². The number of benzene rings is 1. The highest BCUT2D eigenvalue weighted by atomic mass is 79.9. The molecular formula is C20H23BrN2O5. The number of piperidine rings is 1. The number of imide groups is 1. The molecule has 0 bridgehead atoms. The molecule has 2 aliphatic heterocycles. The molecular weight excluding hydrogens is 428 g/mol. The van der Waals surface area contributed by atoms with Gasteiger partial charge in [-0.05, 0) is 44.4 Å². The number of ether oxygens (including phenoxy) is 1. The Kier molecular flexibility index (Phi) is 6.49. The first-order chi connectivity index (χ1) is 13.4. The number of amides is 3. The minimum Gasteiger partial charge on any atom is -0.466 e. The molecule has 1 fully saturated rings. The Bertz CT molecular complexity index is 810. The van der Waals surface area contributed by atoms with Gasteiger partial charge in [0.25, 0.3) is 11.8 Å². The fraction of sp³-hybridized carbons (Fsp3) is 0.500. The van der Waals surface area contributed by atoms with Gasteiger partial charge < -0.3 is 9.64 Å². The summed E-state index contributed by atoms with van der Waals surface area (Å²) in [5, 5.41) is 0. The molecule has 0 radical (unpaired) electrons. The van der Waals surface area contributed by atoms with Crippen molar-refractivity contribution in [3.8, 4) is 0 Å². The van der Waals surface area contributed by atoms with E-state index >= 15 is 0 Å². The van der Waals surface area contributed by atoms with Gasteiger partial charge in [0.15, 0.2) is 0 Å². The zero-order valence-corrected chi connectivity index (χ0v) is 17.4. The number of hydrogen-bond donors (Lipinski definition) is 0. The summed E-state index contributed by atoms with van der Waals surface area (Å²) in [4.78, 5) is 52.2. The van der Waals surface area contributed by atoms with Gasteiger partial charge in [0.1, 0.15) is 0 Å². The van der Waals surface area contributed by atoms with Gasteiger partial charge in [-0.1, -0.05) is 15.9 Å². The van der Waals surface area contributed by atoms with Crippen LogP contribution >= 0.6 is 15.9 Å². The third-order valence-electron chi connectivity index (χ3n) is 5.10. The molecule has 8 heteroatoms. The number of fused-ring (bicyclic) bond motifs is 1. The van der Waals surface area contributed by atoms with Crippen LogP contribution in [0, 0.1) is 5.92 Å². The Morgan fingerprint density at radius 2 is 1.96 bits per heavy atom. The minimum atomic E-state index is -0.325. The van der Waals surface area contributed by atoms with Crippen LogP contribution in [0.4, 0.5) is 0 Å². The summed E-state index contributed by atoms with van der Waals surface area (Å²) in [6, 6.07) is 5.01. The number of likely N-dealkylation sites (tertiary alicyclic amines) is 1. The number of carbonyl (C=O) groups is 4. The average Bonchev–Trinajstić information content (AvgIpc) is 2.92. The fourth-order valence-corrected chi connectivity index (χ4v) is 4.03. The smallest absolute Gasteiger partial charge is 0.310 e. The van der Waals surface area contributed by atoms with E-state index in [2.05, 4.69) is 15.9 Å². The van der Waals surface area contributed by atoms with Crippen LogP contribution in [0.3, 0.4) is 0 Å². The molecule has 0 spiro atoms. The predicted molar refractivity (Wildman–Crippen MR) is 105 cm³/mol. The van der Waals surface area contributed by atoms with Gasteiger partial charge in [-0.25, -0.2) is 0 Å². The van der Waals surface area contributed by atoms with Crippen LogP contribution in [-0.4, -0.2) is 59.7 Å². The number of esters is 1. The lowest BCUT2D eigenvalue weighted by Gasteiger charge is -2.31. The minimum absolute atomic E-state index is 0.0617. The lowest BCUT2D eigenvalue weighted by molar-refractivity contribution is -0.151. The second kappa shape index (κ2) is 8.86. The Labute approximate surface area is 172 Å². The van der Waals surface area contributed by atoms with Crippen LogP contribution in [0.25, 0.3) is 0 Å². The molecule has 0 aromatic heterocycles. The molecule has 1 aromatic carbocycles. The second-order valence-corrected chi connectivity index (χ2v) is 7.90. The molecule has 3 amide bonds. The van der Waals surface area contributed by atoms with Crippen molar-refractivity contribution in [2.75, 3.05) is 26.2 Å². The maximum Gasteiger partial charge on any atom is 0.310 e. The Morgan fingerprint density at radius 1 is 1.21 bits per heavy atom. The molecule has 2 aliphatic rings. The zero-order chi connectivity index (χ0) is 20.3. The summed E-state index contributed by atoms with van der Waals surface area (Å²) in [5.74, 6) is -1.23. The van der Waals surface area contributed by atoms with Gasteiger partial charge in [-0.15, -0.1) is 0 Å². The maximum atomic E-state index is 12.5. The van der Waals surface area contributed by atoms with E-state index in [-0.39, 0.29) is 42.6 Å². The monoisotopic (exact) mass is 450 g/mol. The SMILES string of the molecule is CCOC(=O)C1CCCN(C(=O)CCCN2C(=O)c3ccc(Br)cc3C2=O)C1. The van der Waals surface area contributed by atoms with Crippen molar-refractivity contribution in [3.05, 3.63) is 33.8 Å². The molecule has 0 aliphatic carbocycles. The van der Waals surface area contributed by atoms with Gasteiger partial charge >= 0.3 is 5.97 Å². The third-order valence-corrected chi connectivity index (χ3v) is 5.59. The van der Waals surface area contributed by atoms with Gasteiger partial charge in [0.2, 0.25) is 5.91 Å². The molecule has 1 atom stereocenters. The Hall–Kier alpha value is -2.22. The third kappa shape index (κ3) is 4.27. The number of hydrogen-bond acceptors (Lipinski definition) is 5. The molecule has 0 N–H and O–H groups in total. The first kappa shape index (κ1) is 20.5. The van der Waals surface area contributed by atoms with Crippen molar-refractivity contribution in [1.29, 1.82) is 0 Å². The van der Waals surface area contributed by atoms with Gasteiger partial charge in [-0.3, -0.25) is 24.1 Å². The average molecular weight is 451 g/mol. The van der Waals surface area contributed by atoms with Crippen molar-refractivity contribution >= 4 is 39.6 Å². The fourth-order valence-electron chi connectivity index (χ4n) is 3.67. The van der Waals surface area contributed by atoms with Gasteiger partial charge in [0, 0.05) is 30.5 Å². The van der Waals surface area contributed by atoms with E-state index in [0.717, 1.165) is 17.3 Å². The van der Waals surface area contributed by atoms with Crippen molar-refractivity contribution in [3.63, 3.8) is 0 Å². The molecule has 150 valence electrons. The highest BCUT2D eigenvalue weighted by molar-refractivity contribution is 9.10. The quantitative estimate of drug-likeness (QED) is 0.491. The number of carbonyl (C=O) groups excluding carboxylic acids is 4. The largest absolute Gasteiger partial charge is 0.466 e. The van der Waals surface area contributed by atoms with E-state index in [1.165, 1.54) is 4.90 Å². The first-order valence-electron chi connectivity index (χ1n) is 9.52. The van der Waals surface area contributed by atoms with E-state index in [1.807, 2.05) is 0 Å². The van der Waals surface area contributed by atoms with Gasteiger partial charge in [0.05, 0.1) is 23.7 Å². The molecule has 1 unspecified atom stereocenters. The topological polar surface area (TPSA) is 84.0 Å². The highest BCUT2D eigenvalue weighted by Gasteiger charge is 2.35. The van der Waals surface area contributed by atoms with Crippen molar-refractivity contribution < 1.29 is 23.9 Å². The molecule has 1 saturated heterocycles. The summed E-state index contributed by atoms with van der Waals surface area (Å²) in [6.07, 6.45) is 2.12. The van der Waals surface area contributed by atoms with Crippen LogP contribution in [0.2, 0.25) is 0 Å². The van der Waals surface area contributed by atoms with Crippen LogP contribution in [-0.2, 0) is 14.3 Å². The summed E-state index contributed by atoms with van der Waals surface area (Å²) >= 11 is 3.31. The Morgan fingerprint density at radius 3 is 2.71 bits per heavy atom. The van der Waals surface area contributed by atoms with E-state index < -0.39 is 0 Å². The predicted octanol–water partition coefficient (Wildman–Crippen LogP) is 2.63. The summed E-state index contributed by atoms with van der Waals surface area (Å²) < 4.78 is 5.80. The summed E-state index contributed by atoms with van der Waals surface area (Å²) in [5.41, 5.74) is 0.784. The van der Waals surface area contributed by atoms with E-state index in [1.54, 1.807) is 30.0 Å². The first-order valence-corrected chi connectivity index (χ1v) is 10.3. The second-order valence-electron chi connectivity index (χ2n) is 6.99. The maximum absolute atomic E-state index is 12.5. The van der Waals surface area contributed by atoms with Crippen molar-refractivity contribution in [1.82, 2.24) is 9.80 Å². The van der Waals surface area contributed by atoms with Crippen LogP contribution in [0.15, 0.2) is 22.7 Å². The number of rotatable bonds is 6. The lowest BCUT2D eigenvalue weighted by atomic mass is 9.98. The molecule has 28 heavy (non-hydrogen) atoms. The summed E-state index contributed by atoms with van der Waals surface area (Å²) in [6.45, 7) is 3.29. The molecule has 2 heterocycles. The van der Waals surface area contributed by atoms with Crippen molar-refractivity contribution in [2.45, 2.75) is 32.6 Å². The van der Waals surface area contributed by atoms with E-state index in [9.17, 15) is 19.2 Å². The van der Waals surface area contributed by atoms with Crippen LogP contribution in [0.5, 0.6) is 0 Å². The van der Waals surface area contributed by atoms with Crippen LogP contribution < -0.4 is 0 Å². The number of nitrogens with zero attached hydrogens (tertiary/aromatic N) is 2. The molecule has 3 rings (SSSR count). The lowest BCUT2D eigenvalue weighted by Crippen LogP contribution is -2.43. The number of halogens is 1. The zero-order valence-electron chi connectivity index (χ0n) is 15.8. The van der Waals surface area contributed by atoms with E-state index in [0.29, 0.717) is 37.2 Å². The standard InChI is InChI=1S/C20H23BrN2O5/c1-2-28-20(27)13-5-3-9-22(12-13)17(24)6-4-10-23-18(25)15-8-7-14(21)11-16(15)19(23)26/h7-8,11,13H,2-6,9-10,12H2,1H3. The van der Waals surface area contributed by atoms with Gasteiger partial charge in [-0.2, -0.15) is 0 Å². The molecule has 7 nitrogen and oxygen atoms in total. The summed E-state index contributed by atoms with van der Waals surface area (Å²) in [7, 11) is 0. The highest BCUT2D eigenvalue weighted by Crippen LogP contribution is 2.26. The Balaban J connectivity index is 1.51. The van der Waals surface area contributed by atoms with Crippen LogP contribution in [0.1, 0.15) is 53.3 Å². The molecule has 1 aromatic rings. The van der Waals surface area contributed by atoms with Crippen molar-refractivity contribution in [2.24, 2.45) is 5.92 Å². The molecule has 0 saturated carbocycles. The normalized spacial score (nSPS) is 19.0.